The number of nitrogen functional groups attached to an aromatic ring is 2. The normalized spacial score (nSPS) is 37.2. The number of hydrogen-bond donors (Lipinski definition) is 7. The molecule has 22 nitrogen and oxygen atoms in total. The SMILES string of the molecule is Cc1cn([C@@H]2O[C@@H]3COP(=O)(O)O[C@@H]4[C@H](O)[C@@H](COP(=O)(O)O[C@H]3[C@H]2O)O[C@H]4n2cnc3c(=O)[nH]c(N)nc32)c2ncnc(N)c12. The summed E-state index contributed by atoms with van der Waals surface area (Å²) in [5.74, 6) is -0.119. The number of fused-ring (bicyclic) bond motifs is 5. The summed E-state index contributed by atoms with van der Waals surface area (Å²) in [5.41, 5.74) is 11.6. The van der Waals surface area contributed by atoms with Gasteiger partial charge in [-0.15, -0.1) is 0 Å². The van der Waals surface area contributed by atoms with Crippen LogP contribution in [-0.4, -0.2) is 104 Å². The van der Waals surface area contributed by atoms with Gasteiger partial charge in [-0.1, -0.05) is 0 Å². The van der Waals surface area contributed by atoms with Crippen LogP contribution in [0.5, 0.6) is 0 Å². The van der Waals surface area contributed by atoms with Gasteiger partial charge in [0.15, 0.2) is 23.6 Å². The number of aromatic nitrogens is 7. The number of nitrogens with one attached hydrogen (secondary N) is 1. The van der Waals surface area contributed by atoms with Crippen molar-refractivity contribution in [3.63, 3.8) is 0 Å². The minimum absolute atomic E-state index is 0.124. The molecule has 2 bridgehead atoms. The predicted molar refractivity (Wildman–Crippen MR) is 150 cm³/mol. The molecule has 7 heterocycles. The number of nitrogens with two attached hydrogens (primary N) is 2. The summed E-state index contributed by atoms with van der Waals surface area (Å²) in [6.07, 6.45) is -8.66. The predicted octanol–water partition coefficient (Wildman–Crippen LogP) is -1.43. The maximum atomic E-state index is 13.2. The number of anilines is 2. The summed E-state index contributed by atoms with van der Waals surface area (Å²) < 4.78 is 61.6. The summed E-state index contributed by atoms with van der Waals surface area (Å²) in [5, 5.41) is 22.7. The van der Waals surface area contributed by atoms with Crippen molar-refractivity contribution in [2.24, 2.45) is 0 Å². The second kappa shape index (κ2) is 11.1. The van der Waals surface area contributed by atoms with Gasteiger partial charge < -0.3 is 45.5 Å². The fourth-order valence-electron chi connectivity index (χ4n) is 5.73. The largest absolute Gasteiger partial charge is 0.472 e. The van der Waals surface area contributed by atoms with Crippen LogP contribution in [0.15, 0.2) is 23.6 Å². The smallest absolute Gasteiger partial charge is 0.387 e. The van der Waals surface area contributed by atoms with Crippen LogP contribution in [-0.2, 0) is 36.7 Å². The van der Waals surface area contributed by atoms with Gasteiger partial charge in [-0.05, 0) is 12.5 Å². The van der Waals surface area contributed by atoms with Crippen LogP contribution in [0.2, 0.25) is 0 Å². The Morgan fingerprint density at radius 3 is 2.33 bits per heavy atom. The van der Waals surface area contributed by atoms with Gasteiger partial charge >= 0.3 is 15.6 Å². The summed E-state index contributed by atoms with van der Waals surface area (Å²) in [6, 6.07) is 0. The molecule has 24 heteroatoms. The Labute approximate surface area is 256 Å². The highest BCUT2D eigenvalue weighted by Crippen LogP contribution is 2.53. The van der Waals surface area contributed by atoms with Gasteiger partial charge in [0, 0.05) is 6.20 Å². The monoisotopic (exact) mass is 687 g/mol. The molecule has 10 atom stereocenters. The van der Waals surface area contributed by atoms with Crippen molar-refractivity contribution in [3.8, 4) is 0 Å². The molecule has 3 fully saturated rings. The van der Waals surface area contributed by atoms with Crippen LogP contribution in [0.25, 0.3) is 22.2 Å². The number of phosphoric acid groups is 2. The molecule has 0 spiro atoms. The van der Waals surface area contributed by atoms with Crippen LogP contribution < -0.4 is 17.0 Å². The van der Waals surface area contributed by atoms with E-state index in [-0.39, 0.29) is 28.6 Å². The quantitative estimate of drug-likeness (QED) is 0.119. The topological polar surface area (TPSA) is 317 Å². The lowest BCUT2D eigenvalue weighted by atomic mass is 10.1. The molecule has 0 aromatic carbocycles. The van der Waals surface area contributed by atoms with Gasteiger partial charge in [-0.3, -0.25) is 32.4 Å². The van der Waals surface area contributed by atoms with E-state index in [2.05, 4.69) is 24.9 Å². The zero-order valence-electron chi connectivity index (χ0n) is 23.5. The van der Waals surface area contributed by atoms with E-state index in [1.807, 2.05) is 0 Å². The van der Waals surface area contributed by atoms with E-state index in [1.54, 1.807) is 13.1 Å². The molecule has 0 radical (unpaired) electrons. The van der Waals surface area contributed by atoms with E-state index >= 15 is 0 Å². The number of aliphatic hydroxyl groups is 2. The number of aryl methyl sites for hydroxylation is 1. The molecule has 4 aromatic rings. The number of hydrogen-bond acceptors (Lipinski definition) is 17. The summed E-state index contributed by atoms with van der Waals surface area (Å²) >= 11 is 0. The lowest BCUT2D eigenvalue weighted by molar-refractivity contribution is -0.0671. The minimum atomic E-state index is -5.11. The molecule has 3 aliphatic rings. The zero-order valence-corrected chi connectivity index (χ0v) is 25.2. The molecule has 0 amide bonds. The first-order valence-electron chi connectivity index (χ1n) is 13.5. The van der Waals surface area contributed by atoms with Crippen molar-refractivity contribution < 1.29 is 56.7 Å². The molecule has 248 valence electrons. The molecule has 0 aliphatic carbocycles. The molecule has 0 saturated carbocycles. The molecular formula is C22H27N9O13P2. The molecule has 3 aliphatic heterocycles. The number of aliphatic hydroxyl groups excluding tert-OH is 2. The van der Waals surface area contributed by atoms with Gasteiger partial charge in [0.25, 0.3) is 5.56 Å². The Balaban J connectivity index is 1.21. The molecule has 7 rings (SSSR count). The number of imidazole rings is 1. The van der Waals surface area contributed by atoms with Gasteiger partial charge in [-0.2, -0.15) is 4.98 Å². The Morgan fingerprint density at radius 2 is 1.59 bits per heavy atom. The van der Waals surface area contributed by atoms with Gasteiger partial charge in [0.05, 0.1) is 24.9 Å². The summed E-state index contributed by atoms with van der Waals surface area (Å²) in [6.45, 7) is 0.0936. The molecule has 9 N–H and O–H groups in total. The number of nitrogens with zero attached hydrogens (tertiary/aromatic N) is 6. The molecular weight excluding hydrogens is 660 g/mol. The third kappa shape index (κ3) is 5.31. The van der Waals surface area contributed by atoms with Crippen LogP contribution in [0.1, 0.15) is 18.0 Å². The summed E-state index contributed by atoms with van der Waals surface area (Å²) in [4.78, 5) is 52.1. The van der Waals surface area contributed by atoms with E-state index in [4.69, 9.17) is 39.0 Å². The van der Waals surface area contributed by atoms with Gasteiger partial charge in [-0.25, -0.2) is 24.1 Å². The van der Waals surface area contributed by atoms with E-state index < -0.39 is 83.5 Å². The number of ether oxygens (including phenoxy) is 2. The van der Waals surface area contributed by atoms with E-state index in [9.17, 15) is 33.9 Å². The van der Waals surface area contributed by atoms with Crippen LogP contribution in [0.4, 0.5) is 11.8 Å². The van der Waals surface area contributed by atoms with Gasteiger partial charge in [0.2, 0.25) is 5.95 Å². The summed E-state index contributed by atoms with van der Waals surface area (Å²) in [7, 11) is -10.2. The maximum Gasteiger partial charge on any atom is 0.472 e. The molecule has 2 unspecified atom stereocenters. The van der Waals surface area contributed by atoms with E-state index in [0.717, 1.165) is 10.9 Å². The molecule has 3 saturated heterocycles. The second-order valence-electron chi connectivity index (χ2n) is 10.7. The third-order valence-corrected chi connectivity index (χ3v) is 9.73. The lowest BCUT2D eigenvalue weighted by Crippen LogP contribution is -2.36. The number of phosphoric ester groups is 2. The second-order valence-corrected chi connectivity index (χ2v) is 13.5. The van der Waals surface area contributed by atoms with Crippen molar-refractivity contribution in [2.45, 2.75) is 56.0 Å². The average molecular weight is 687 g/mol. The van der Waals surface area contributed by atoms with Crippen molar-refractivity contribution in [3.05, 3.63) is 34.8 Å². The lowest BCUT2D eigenvalue weighted by Gasteiger charge is -2.25. The third-order valence-electron chi connectivity index (χ3n) is 7.76. The highest BCUT2D eigenvalue weighted by molar-refractivity contribution is 7.47. The fraction of sp³-hybridized carbons (Fsp3) is 0.500. The van der Waals surface area contributed by atoms with Crippen molar-refractivity contribution in [1.29, 1.82) is 0 Å². The Hall–Kier alpha value is -3.37. The number of H-pyrrole nitrogens is 1. The standard InChI is InChI=1S/C22H27N9O13P2/c1-7-2-30(17-10(7)16(23)25-5-26-17)20-13(33)14-9(42-20)4-40-46(37,38)44-15-12(32)8(3-39-45(35,36)43-14)41-21(15)31-6-27-11-18(31)28-22(24)29-19(11)34/h2,5-6,8-9,12-15,20-21,32-33H,3-4H2,1H3,(H,35,36)(H,37,38)(H2,23,25,26)(H3,24,28,29,34)/t8-,9-,12-,13-,14-,15-,20-,21-/m1/s1. The number of aromatic amines is 1. The number of rotatable bonds is 2. The minimum Gasteiger partial charge on any atom is -0.387 e. The first kappa shape index (κ1) is 31.2. The Kier molecular flexibility index (Phi) is 7.55. The van der Waals surface area contributed by atoms with Crippen LogP contribution >= 0.6 is 15.6 Å². The first-order chi connectivity index (χ1) is 21.7. The van der Waals surface area contributed by atoms with Crippen LogP contribution in [0, 0.1) is 6.92 Å². The first-order valence-corrected chi connectivity index (χ1v) is 16.5. The molecule has 46 heavy (non-hydrogen) atoms. The van der Waals surface area contributed by atoms with Crippen molar-refractivity contribution in [2.75, 3.05) is 24.7 Å². The highest BCUT2D eigenvalue weighted by atomic mass is 31.2. The Morgan fingerprint density at radius 1 is 0.913 bits per heavy atom. The van der Waals surface area contributed by atoms with Crippen molar-refractivity contribution >= 4 is 49.6 Å². The average Bonchev–Trinajstić information content (AvgIpc) is 3.71. The highest BCUT2D eigenvalue weighted by Gasteiger charge is 2.54. The van der Waals surface area contributed by atoms with E-state index in [0.29, 0.717) is 10.9 Å². The van der Waals surface area contributed by atoms with E-state index in [1.165, 1.54) is 10.9 Å². The Bertz CT molecular complexity index is 1990. The van der Waals surface area contributed by atoms with Crippen LogP contribution in [0.3, 0.4) is 0 Å². The maximum absolute atomic E-state index is 13.2. The fourth-order valence-corrected chi connectivity index (χ4v) is 7.63. The zero-order chi connectivity index (χ0) is 32.7. The molecule has 4 aromatic heterocycles. The van der Waals surface area contributed by atoms with Crippen molar-refractivity contribution in [1.82, 2.24) is 34.1 Å². The van der Waals surface area contributed by atoms with Gasteiger partial charge in [0.1, 0.15) is 54.4 Å².